The molecule has 0 bridgehead atoms. The second-order valence-corrected chi connectivity index (χ2v) is 2.79. The Morgan fingerprint density at radius 1 is 1.83 bits per heavy atom. The monoisotopic (exact) mass is 172 g/mol. The lowest BCUT2D eigenvalue weighted by Gasteiger charge is -2.07. The maximum atomic E-state index is 13.1. The van der Waals surface area contributed by atoms with Crippen molar-refractivity contribution >= 4 is 5.97 Å². The summed E-state index contributed by atoms with van der Waals surface area (Å²) in [7, 11) is 0. The van der Waals surface area contributed by atoms with Crippen molar-refractivity contribution in [2.75, 3.05) is 6.61 Å². The predicted molar refractivity (Wildman–Crippen MR) is 43.5 cm³/mol. The van der Waals surface area contributed by atoms with Crippen LogP contribution in [0.3, 0.4) is 0 Å². The van der Waals surface area contributed by atoms with Gasteiger partial charge in [-0.05, 0) is 31.8 Å². The summed E-state index contributed by atoms with van der Waals surface area (Å²) in [5.74, 6) is -0.745. The molecule has 0 aromatic heterocycles. The molecule has 1 rings (SSSR count). The molecular weight excluding hydrogens is 159 g/mol. The lowest BCUT2D eigenvalue weighted by molar-refractivity contribution is -0.147. The molecule has 3 heteroatoms. The van der Waals surface area contributed by atoms with E-state index in [2.05, 4.69) is 4.74 Å². The average molecular weight is 172 g/mol. The number of allylic oxidation sites excluding steroid dienone is 1. The molecule has 0 heterocycles. The third kappa shape index (κ3) is 2.06. The summed E-state index contributed by atoms with van der Waals surface area (Å²) in [5.41, 5.74) is 0.591. The van der Waals surface area contributed by atoms with Crippen molar-refractivity contribution < 1.29 is 13.9 Å². The number of hydrogen-bond acceptors (Lipinski definition) is 2. The molecular formula is C9H13FO2. The lowest BCUT2D eigenvalue weighted by Crippen LogP contribution is -2.20. The van der Waals surface area contributed by atoms with E-state index in [1.165, 1.54) is 0 Å². The van der Waals surface area contributed by atoms with Crippen LogP contribution in [0.15, 0.2) is 11.6 Å². The number of ether oxygens (including phenoxy) is 1. The Labute approximate surface area is 71.4 Å². The Morgan fingerprint density at radius 2 is 2.58 bits per heavy atom. The normalized spacial score (nSPS) is 18.7. The van der Waals surface area contributed by atoms with E-state index in [0.717, 1.165) is 12.8 Å². The number of alkyl halides is 1. The first-order chi connectivity index (χ1) is 5.75. The first-order valence-corrected chi connectivity index (χ1v) is 4.25. The van der Waals surface area contributed by atoms with Gasteiger partial charge in [-0.25, -0.2) is 9.18 Å². The van der Waals surface area contributed by atoms with Gasteiger partial charge in [0.15, 0.2) is 0 Å². The van der Waals surface area contributed by atoms with Crippen molar-refractivity contribution in [1.29, 1.82) is 0 Å². The number of esters is 1. The molecule has 1 aliphatic rings. The van der Waals surface area contributed by atoms with Crippen molar-refractivity contribution in [1.82, 2.24) is 0 Å². The van der Waals surface area contributed by atoms with Crippen molar-refractivity contribution in [2.24, 2.45) is 0 Å². The maximum absolute atomic E-state index is 13.1. The maximum Gasteiger partial charge on any atom is 0.345 e. The first-order valence-electron chi connectivity index (χ1n) is 4.25. The summed E-state index contributed by atoms with van der Waals surface area (Å²) >= 11 is 0. The van der Waals surface area contributed by atoms with Crippen LogP contribution < -0.4 is 0 Å². The van der Waals surface area contributed by atoms with Gasteiger partial charge in [0.25, 0.3) is 0 Å². The van der Waals surface area contributed by atoms with Crippen LogP contribution in [0.2, 0.25) is 0 Å². The minimum absolute atomic E-state index is 0.243. The molecule has 0 saturated heterocycles. The van der Waals surface area contributed by atoms with Gasteiger partial charge in [-0.3, -0.25) is 0 Å². The first kappa shape index (κ1) is 9.23. The van der Waals surface area contributed by atoms with Gasteiger partial charge in [0.1, 0.15) is 0 Å². The molecule has 1 atom stereocenters. The summed E-state index contributed by atoms with van der Waals surface area (Å²) in [6.45, 7) is 1.92. The fourth-order valence-corrected chi connectivity index (χ4v) is 1.29. The predicted octanol–water partition coefficient (Wildman–Crippen LogP) is 2.00. The number of hydrogen-bond donors (Lipinski definition) is 0. The van der Waals surface area contributed by atoms with E-state index in [9.17, 15) is 9.18 Å². The molecule has 0 aliphatic heterocycles. The van der Waals surface area contributed by atoms with Crippen molar-refractivity contribution in [3.8, 4) is 0 Å². The highest BCUT2D eigenvalue weighted by Crippen LogP contribution is 2.23. The minimum Gasteiger partial charge on any atom is -0.464 e. The Hall–Kier alpha value is -0.860. The van der Waals surface area contributed by atoms with E-state index >= 15 is 0 Å². The third-order valence-electron chi connectivity index (χ3n) is 1.90. The summed E-state index contributed by atoms with van der Waals surface area (Å²) in [5, 5.41) is 0. The van der Waals surface area contributed by atoms with Crippen molar-refractivity contribution in [3.63, 3.8) is 0 Å². The highest BCUT2D eigenvalue weighted by atomic mass is 19.1. The number of carbonyl (C=O) groups is 1. The zero-order valence-corrected chi connectivity index (χ0v) is 7.18. The van der Waals surface area contributed by atoms with Crippen LogP contribution in [-0.2, 0) is 9.53 Å². The molecule has 0 aromatic carbocycles. The van der Waals surface area contributed by atoms with Crippen molar-refractivity contribution in [2.45, 2.75) is 32.4 Å². The van der Waals surface area contributed by atoms with E-state index in [1.54, 1.807) is 13.0 Å². The molecule has 0 aromatic rings. The summed E-state index contributed by atoms with van der Waals surface area (Å²) in [6.07, 6.45) is 2.80. The van der Waals surface area contributed by atoms with Gasteiger partial charge in [0.05, 0.1) is 6.61 Å². The fraction of sp³-hybridized carbons (Fsp3) is 0.667. The quantitative estimate of drug-likeness (QED) is 0.480. The topological polar surface area (TPSA) is 26.3 Å². The summed E-state index contributed by atoms with van der Waals surface area (Å²) in [6, 6.07) is 0. The number of carbonyl (C=O) groups excluding carboxylic acids is 1. The Kier molecular flexibility index (Phi) is 3.26. The van der Waals surface area contributed by atoms with Gasteiger partial charge in [0, 0.05) is 0 Å². The number of rotatable bonds is 3. The lowest BCUT2D eigenvalue weighted by atomic mass is 10.1. The molecule has 0 spiro atoms. The molecule has 0 fully saturated rings. The second kappa shape index (κ2) is 4.24. The van der Waals surface area contributed by atoms with Gasteiger partial charge in [-0.1, -0.05) is 6.08 Å². The molecule has 0 amide bonds. The second-order valence-electron chi connectivity index (χ2n) is 2.79. The summed E-state index contributed by atoms with van der Waals surface area (Å²) in [4.78, 5) is 10.9. The molecule has 0 N–H and O–H groups in total. The molecule has 68 valence electrons. The van der Waals surface area contributed by atoms with Gasteiger partial charge in [0.2, 0.25) is 6.17 Å². The van der Waals surface area contributed by atoms with E-state index in [1.807, 2.05) is 0 Å². The zero-order chi connectivity index (χ0) is 8.97. The van der Waals surface area contributed by atoms with Gasteiger partial charge in [-0.15, -0.1) is 0 Å². The van der Waals surface area contributed by atoms with Gasteiger partial charge in [-0.2, -0.15) is 0 Å². The van der Waals surface area contributed by atoms with Crippen LogP contribution >= 0.6 is 0 Å². The molecule has 1 unspecified atom stereocenters. The molecule has 2 nitrogen and oxygen atoms in total. The van der Waals surface area contributed by atoms with Crippen LogP contribution in [0.5, 0.6) is 0 Å². The van der Waals surface area contributed by atoms with E-state index < -0.39 is 12.1 Å². The molecule has 12 heavy (non-hydrogen) atoms. The SMILES string of the molecule is CCOC(=O)C(F)C1=CCCC1. The fourth-order valence-electron chi connectivity index (χ4n) is 1.29. The van der Waals surface area contributed by atoms with E-state index in [0.29, 0.717) is 12.0 Å². The molecule has 0 radical (unpaired) electrons. The van der Waals surface area contributed by atoms with Crippen LogP contribution in [0, 0.1) is 0 Å². The van der Waals surface area contributed by atoms with Crippen LogP contribution in [0.25, 0.3) is 0 Å². The highest BCUT2D eigenvalue weighted by molar-refractivity contribution is 5.78. The van der Waals surface area contributed by atoms with E-state index in [-0.39, 0.29) is 6.61 Å². The van der Waals surface area contributed by atoms with Gasteiger partial charge < -0.3 is 4.74 Å². The smallest absolute Gasteiger partial charge is 0.345 e. The molecule has 1 aliphatic carbocycles. The molecule has 0 saturated carbocycles. The van der Waals surface area contributed by atoms with Gasteiger partial charge >= 0.3 is 5.97 Å². The minimum atomic E-state index is -1.52. The Bertz CT molecular complexity index is 199. The highest BCUT2D eigenvalue weighted by Gasteiger charge is 2.24. The van der Waals surface area contributed by atoms with Crippen LogP contribution in [-0.4, -0.2) is 18.7 Å². The van der Waals surface area contributed by atoms with Crippen LogP contribution in [0.1, 0.15) is 26.2 Å². The zero-order valence-electron chi connectivity index (χ0n) is 7.18. The largest absolute Gasteiger partial charge is 0.464 e. The summed E-state index contributed by atoms with van der Waals surface area (Å²) < 4.78 is 17.7. The third-order valence-corrected chi connectivity index (χ3v) is 1.90. The van der Waals surface area contributed by atoms with Crippen molar-refractivity contribution in [3.05, 3.63) is 11.6 Å². The standard InChI is InChI=1S/C9H13FO2/c1-2-12-9(11)8(10)7-5-3-4-6-7/h5,8H,2-4,6H2,1H3. The number of halogens is 1. The average Bonchev–Trinajstić information content (AvgIpc) is 2.55. The van der Waals surface area contributed by atoms with E-state index in [4.69, 9.17) is 0 Å². The Morgan fingerprint density at radius 3 is 3.08 bits per heavy atom. The Balaban J connectivity index is 2.45. The van der Waals surface area contributed by atoms with Crippen LogP contribution in [0.4, 0.5) is 4.39 Å².